The molecule has 20 nitrogen and oxygen atoms in total. The van der Waals surface area contributed by atoms with Gasteiger partial charge in [-0.25, -0.2) is 19.2 Å². The predicted octanol–water partition coefficient (Wildman–Crippen LogP) is 14.1. The molecule has 4 atom stereocenters. The molecule has 22 heteroatoms. The van der Waals surface area contributed by atoms with Crippen LogP contribution in [0.4, 0.5) is 14.4 Å². The maximum Gasteiger partial charge on any atom is 0.408 e. The summed E-state index contributed by atoms with van der Waals surface area (Å²) < 4.78 is 48.7. The molecule has 0 unspecified atom stereocenters. The van der Waals surface area contributed by atoms with Crippen molar-refractivity contribution in [1.82, 2.24) is 26.2 Å². The van der Waals surface area contributed by atoms with Gasteiger partial charge in [-0.05, 0) is 119 Å². The summed E-state index contributed by atoms with van der Waals surface area (Å²) in [5, 5.41) is 11.0. The zero-order valence-corrected chi connectivity index (χ0v) is 62.3. The summed E-state index contributed by atoms with van der Waals surface area (Å²) in [4.78, 5) is 101. The van der Waals surface area contributed by atoms with Crippen molar-refractivity contribution < 1.29 is 71.1 Å². The Labute approximate surface area is 596 Å². The molecular weight excluding hydrogens is 1320 g/mol. The molecular formula is C79H99N5O15Si2. The lowest BCUT2D eigenvalue weighted by Crippen LogP contribution is -2.57. The molecule has 0 radical (unpaired) electrons. The quantitative estimate of drug-likeness (QED) is 0.0166. The van der Waals surface area contributed by atoms with E-state index in [2.05, 4.69) is 40.9 Å². The highest BCUT2D eigenvalue weighted by atomic mass is 28.4. The standard InChI is InChI=1S/C79H99N5O15Si2/c1-78(2,3)98-77(91)82-66(48-65(99-101(11,12)79(4,5)6)49-80-75(89)96-54-59-34-24-16-25-35-59)72(86)81-67(73(87)84(7)50-71(85)95-53-58-32-22-15-23-33-58)46-63-44-61(38-40-69(63)93-51-56-28-18-13-19-29-56)62-39-41-70(94-52-57-30-20-14-21-31-57)64(45-62)47-68(74(88)92-42-43-100(8,9)10)83-76(90)97-55-60-36-26-17-27-37-60/h13-41,44-45,65-68H,42-43,46-55H2,1-12H3,(H,80,89)(H,81,86)(H,82,91)(H,83,90)/t65-,66+,67+,68+/m1/s1. The highest BCUT2D eigenvalue weighted by Crippen LogP contribution is 2.38. The van der Waals surface area contributed by atoms with Gasteiger partial charge in [0.1, 0.15) is 74.8 Å². The number of esters is 2. The fourth-order valence-corrected chi connectivity index (χ4v) is 12.2. The van der Waals surface area contributed by atoms with Gasteiger partial charge in [-0.3, -0.25) is 14.4 Å². The Morgan fingerprint density at radius 3 is 1.35 bits per heavy atom. The topological polar surface area (TPSA) is 245 Å². The van der Waals surface area contributed by atoms with E-state index in [0.717, 1.165) is 32.7 Å². The molecule has 0 bridgehead atoms. The smallest absolute Gasteiger partial charge is 0.408 e. The molecule has 0 aliphatic rings. The monoisotopic (exact) mass is 1410 g/mol. The first-order valence-corrected chi connectivity index (χ1v) is 40.7. The Kier molecular flexibility index (Phi) is 29.2. The molecule has 0 spiro atoms. The molecule has 0 saturated heterocycles. The van der Waals surface area contributed by atoms with Crippen molar-refractivity contribution in [2.75, 3.05) is 26.7 Å². The van der Waals surface area contributed by atoms with Crippen LogP contribution in [0.25, 0.3) is 11.1 Å². The molecule has 7 aromatic carbocycles. The van der Waals surface area contributed by atoms with Gasteiger partial charge in [0, 0.05) is 40.9 Å². The number of carbonyl (C=O) groups excluding carboxylic acids is 7. The Balaban J connectivity index is 1.31. The average Bonchev–Trinajstić information content (AvgIpc) is 0.810. The molecule has 0 aliphatic heterocycles. The number of ether oxygens (including phenoxy) is 7. The fraction of sp³-hybridized carbons (Fsp3) is 0.380. The number of likely N-dealkylation sites (N-methyl/N-ethyl adjacent to an activating group) is 1. The highest BCUT2D eigenvalue weighted by molar-refractivity contribution is 6.76. The van der Waals surface area contributed by atoms with Crippen molar-refractivity contribution in [3.63, 3.8) is 0 Å². The van der Waals surface area contributed by atoms with Gasteiger partial charge in [0.05, 0.1) is 12.7 Å². The number of amides is 5. The van der Waals surface area contributed by atoms with E-state index >= 15 is 9.59 Å². The summed E-state index contributed by atoms with van der Waals surface area (Å²) in [6.45, 7) is 21.4. The van der Waals surface area contributed by atoms with Crippen LogP contribution >= 0.6 is 0 Å². The average molecular weight is 1410 g/mol. The van der Waals surface area contributed by atoms with Gasteiger partial charge in [-0.1, -0.05) is 204 Å². The zero-order valence-electron chi connectivity index (χ0n) is 60.3. The highest BCUT2D eigenvalue weighted by Gasteiger charge is 2.41. The summed E-state index contributed by atoms with van der Waals surface area (Å²) >= 11 is 0. The molecule has 4 N–H and O–H groups in total. The van der Waals surface area contributed by atoms with Crippen LogP contribution in [-0.4, -0.2) is 120 Å². The second kappa shape index (κ2) is 37.6. The van der Waals surface area contributed by atoms with Crippen LogP contribution in [0.1, 0.15) is 86.9 Å². The molecule has 0 aromatic heterocycles. The maximum absolute atomic E-state index is 15.5. The van der Waals surface area contributed by atoms with Gasteiger partial charge in [0.2, 0.25) is 11.8 Å². The molecule has 101 heavy (non-hydrogen) atoms. The van der Waals surface area contributed by atoms with E-state index in [9.17, 15) is 24.0 Å². The van der Waals surface area contributed by atoms with E-state index in [1.807, 2.05) is 198 Å². The van der Waals surface area contributed by atoms with Gasteiger partial charge in [0.15, 0.2) is 8.32 Å². The fourth-order valence-electron chi connectivity index (χ4n) is 10.2. The normalized spacial score (nSPS) is 12.8. The lowest BCUT2D eigenvalue weighted by molar-refractivity contribution is -0.150. The minimum Gasteiger partial charge on any atom is -0.489 e. The number of nitrogens with one attached hydrogen (secondary N) is 4. The van der Waals surface area contributed by atoms with Gasteiger partial charge < -0.3 is 63.8 Å². The number of hydrogen-bond donors (Lipinski definition) is 4. The molecule has 7 aromatic rings. The minimum absolute atomic E-state index is 0.00949. The van der Waals surface area contributed by atoms with Crippen molar-refractivity contribution in [3.05, 3.63) is 227 Å². The van der Waals surface area contributed by atoms with Gasteiger partial charge in [-0.15, -0.1) is 0 Å². The van der Waals surface area contributed by atoms with Crippen molar-refractivity contribution in [2.45, 2.75) is 167 Å². The SMILES string of the molecule is CN(CC(=O)OCc1ccccc1)C(=O)[C@H](Cc1cc(-c2ccc(OCc3ccccc3)c(C[C@H](NC(=O)OCc3ccccc3)C(=O)OCC[Si](C)(C)C)c2)ccc1OCc1ccccc1)NC(=O)[C@H](C[C@H](CNC(=O)OCc1ccccc1)O[Si](C)(C)C(C)(C)C)NC(=O)OC(C)(C)C. The van der Waals surface area contributed by atoms with E-state index in [0.29, 0.717) is 39.8 Å². The van der Waals surface area contributed by atoms with E-state index in [4.69, 9.17) is 37.6 Å². The van der Waals surface area contributed by atoms with Gasteiger partial charge in [-0.2, -0.15) is 0 Å². The Hall–Kier alpha value is -9.78. The van der Waals surface area contributed by atoms with Crippen LogP contribution in [-0.2, 0) is 93.2 Å². The summed E-state index contributed by atoms with van der Waals surface area (Å²) in [5.41, 5.74) is 5.15. The van der Waals surface area contributed by atoms with Crippen molar-refractivity contribution in [2.24, 2.45) is 0 Å². The summed E-state index contributed by atoms with van der Waals surface area (Å²) in [5.74, 6) is -2.15. The first kappa shape index (κ1) is 78.6. The van der Waals surface area contributed by atoms with E-state index < -0.39 is 94.8 Å². The Bertz CT molecular complexity index is 3810. The Morgan fingerprint density at radius 1 is 0.475 bits per heavy atom. The maximum atomic E-state index is 15.5. The summed E-state index contributed by atoms with van der Waals surface area (Å²) in [7, 11) is -2.97. The first-order chi connectivity index (χ1) is 48.0. The predicted molar refractivity (Wildman–Crippen MR) is 394 cm³/mol. The third-order valence-corrected chi connectivity index (χ3v) is 23.0. The molecule has 0 aliphatic carbocycles. The number of nitrogens with zero attached hydrogens (tertiary/aromatic N) is 1. The molecule has 5 amide bonds. The van der Waals surface area contributed by atoms with Crippen molar-refractivity contribution in [1.29, 1.82) is 0 Å². The van der Waals surface area contributed by atoms with Gasteiger partial charge in [0.25, 0.3) is 0 Å². The molecule has 0 heterocycles. The van der Waals surface area contributed by atoms with E-state index in [1.54, 1.807) is 45.0 Å². The van der Waals surface area contributed by atoms with Crippen LogP contribution in [0.5, 0.6) is 11.5 Å². The third-order valence-electron chi connectivity index (χ3n) is 16.7. The largest absolute Gasteiger partial charge is 0.489 e. The van der Waals surface area contributed by atoms with Crippen LogP contribution in [0.3, 0.4) is 0 Å². The van der Waals surface area contributed by atoms with E-state index in [1.165, 1.54) is 7.05 Å². The molecule has 538 valence electrons. The van der Waals surface area contributed by atoms with Crippen LogP contribution in [0, 0.1) is 0 Å². The second-order valence-corrected chi connectivity index (χ2v) is 39.0. The number of benzene rings is 7. The molecule has 0 saturated carbocycles. The van der Waals surface area contributed by atoms with Crippen LogP contribution in [0.15, 0.2) is 188 Å². The Morgan fingerprint density at radius 2 is 0.901 bits per heavy atom. The van der Waals surface area contributed by atoms with Crippen molar-refractivity contribution >= 4 is 58.4 Å². The summed E-state index contributed by atoms with van der Waals surface area (Å²) in [6.07, 6.45) is -4.00. The summed E-state index contributed by atoms with van der Waals surface area (Å²) in [6, 6.07) is 53.9. The first-order valence-electron chi connectivity index (χ1n) is 34.1. The second-order valence-electron chi connectivity index (χ2n) is 28.6. The third kappa shape index (κ3) is 27.4. The lowest BCUT2D eigenvalue weighted by Gasteiger charge is -2.40. The number of carbonyl (C=O) groups is 7. The molecule has 0 fully saturated rings. The lowest BCUT2D eigenvalue weighted by atomic mass is 9.95. The van der Waals surface area contributed by atoms with E-state index in [-0.39, 0.29) is 70.5 Å². The molecule has 7 rings (SSSR count). The number of hydrogen-bond acceptors (Lipinski definition) is 15. The number of rotatable bonds is 34. The van der Waals surface area contributed by atoms with Crippen LogP contribution in [0.2, 0.25) is 43.8 Å². The zero-order chi connectivity index (χ0) is 73.2. The van der Waals surface area contributed by atoms with Gasteiger partial charge >= 0.3 is 30.2 Å². The number of alkyl carbamates (subject to hydrolysis) is 3. The van der Waals surface area contributed by atoms with Crippen LogP contribution < -0.4 is 30.7 Å². The van der Waals surface area contributed by atoms with Crippen molar-refractivity contribution in [3.8, 4) is 22.6 Å². The minimum atomic E-state index is -2.73.